The molecule has 2 rings (SSSR count). The minimum atomic E-state index is -0.0535. The monoisotopic (exact) mass is 255 g/mol. The van der Waals surface area contributed by atoms with E-state index in [0.29, 0.717) is 5.92 Å². The maximum atomic E-state index is 12.0. The second-order valence-corrected chi connectivity index (χ2v) is 5.70. The van der Waals surface area contributed by atoms with E-state index in [9.17, 15) is 9.90 Å². The zero-order valence-corrected chi connectivity index (χ0v) is 11.6. The van der Waals surface area contributed by atoms with Gasteiger partial charge in [-0.05, 0) is 31.3 Å². The molecular weight excluding hydrogens is 230 g/mol. The van der Waals surface area contributed by atoms with Crippen molar-refractivity contribution in [1.29, 1.82) is 0 Å². The lowest BCUT2D eigenvalue weighted by molar-refractivity contribution is -0.145. The zero-order valence-electron chi connectivity index (χ0n) is 11.6. The summed E-state index contributed by atoms with van der Waals surface area (Å²) in [5.41, 5.74) is 0. The fourth-order valence-corrected chi connectivity index (χ4v) is 3.69. The summed E-state index contributed by atoms with van der Waals surface area (Å²) in [5, 5.41) is 9.56. The Balaban J connectivity index is 2.11. The second-order valence-electron chi connectivity index (χ2n) is 5.70. The summed E-state index contributed by atoms with van der Waals surface area (Å²) in [6, 6.07) is 0. The normalized spacial score (nSPS) is 39.2. The molecule has 4 nitrogen and oxygen atoms in total. The average Bonchev–Trinajstić information content (AvgIpc) is 2.80. The number of hydrogen-bond acceptors (Lipinski definition) is 4. The molecule has 1 saturated carbocycles. The van der Waals surface area contributed by atoms with Crippen molar-refractivity contribution < 1.29 is 14.6 Å². The van der Waals surface area contributed by atoms with E-state index in [1.54, 1.807) is 0 Å². The Morgan fingerprint density at radius 1 is 1.39 bits per heavy atom. The number of nitrogens with zero attached hydrogens (tertiary/aromatic N) is 1. The predicted molar refractivity (Wildman–Crippen MR) is 69.0 cm³/mol. The van der Waals surface area contributed by atoms with Crippen LogP contribution >= 0.6 is 0 Å². The molecular formula is C14H25NO3. The van der Waals surface area contributed by atoms with Crippen LogP contribution in [0.5, 0.6) is 0 Å². The van der Waals surface area contributed by atoms with Crippen LogP contribution in [0.15, 0.2) is 0 Å². The molecule has 0 unspecified atom stereocenters. The van der Waals surface area contributed by atoms with Gasteiger partial charge in [0.2, 0.25) is 0 Å². The molecule has 0 bridgehead atoms. The first kappa shape index (κ1) is 13.8. The Hall–Kier alpha value is -0.610. The van der Waals surface area contributed by atoms with Crippen molar-refractivity contribution in [3.8, 4) is 0 Å². The molecule has 0 spiro atoms. The van der Waals surface area contributed by atoms with Crippen molar-refractivity contribution in [1.82, 2.24) is 4.90 Å². The van der Waals surface area contributed by atoms with Gasteiger partial charge in [0.05, 0.1) is 5.92 Å². The molecule has 5 atom stereocenters. The van der Waals surface area contributed by atoms with Gasteiger partial charge < -0.3 is 14.7 Å². The Labute approximate surface area is 109 Å². The summed E-state index contributed by atoms with van der Waals surface area (Å²) in [7, 11) is 0. The van der Waals surface area contributed by atoms with Crippen LogP contribution in [0.25, 0.3) is 0 Å². The van der Waals surface area contributed by atoms with E-state index in [1.165, 1.54) is 0 Å². The lowest BCUT2D eigenvalue weighted by atomic mass is 9.82. The van der Waals surface area contributed by atoms with Crippen molar-refractivity contribution >= 4 is 5.97 Å². The Bertz CT molecular complexity index is 303. The fourth-order valence-electron chi connectivity index (χ4n) is 3.69. The van der Waals surface area contributed by atoms with Crippen LogP contribution in [-0.2, 0) is 9.53 Å². The number of esters is 1. The number of hydrogen-bond donors (Lipinski definition) is 1. The fraction of sp³-hybridized carbons (Fsp3) is 0.929. The number of carbonyl (C=O) groups excluding carboxylic acids is 1. The number of rotatable bonds is 5. The van der Waals surface area contributed by atoms with Crippen LogP contribution in [0.4, 0.5) is 0 Å². The van der Waals surface area contributed by atoms with Gasteiger partial charge in [-0.3, -0.25) is 4.79 Å². The van der Waals surface area contributed by atoms with E-state index >= 15 is 0 Å². The number of aliphatic hydroxyl groups excluding tert-OH is 1. The summed E-state index contributed by atoms with van der Waals surface area (Å²) in [6.45, 7) is 9.24. The summed E-state index contributed by atoms with van der Waals surface area (Å²) in [6.07, 6.45) is 0.960. The van der Waals surface area contributed by atoms with Gasteiger partial charge in [0.15, 0.2) is 0 Å². The van der Waals surface area contributed by atoms with Crippen LogP contribution in [0.1, 0.15) is 27.2 Å². The molecule has 0 aromatic heterocycles. The minimum Gasteiger partial charge on any atom is -0.462 e. The Kier molecular flexibility index (Phi) is 4.28. The third kappa shape index (κ3) is 2.28. The van der Waals surface area contributed by atoms with Crippen LogP contribution in [0.3, 0.4) is 0 Å². The van der Waals surface area contributed by atoms with Crippen LogP contribution in [0, 0.1) is 23.7 Å². The van der Waals surface area contributed by atoms with Crippen LogP contribution < -0.4 is 0 Å². The largest absolute Gasteiger partial charge is 0.462 e. The first-order valence-electron chi connectivity index (χ1n) is 7.16. The number of fused-ring (bicyclic) bond motifs is 1. The van der Waals surface area contributed by atoms with Gasteiger partial charge >= 0.3 is 5.97 Å². The van der Waals surface area contributed by atoms with Gasteiger partial charge in [-0.15, -0.1) is 0 Å². The molecule has 1 aliphatic heterocycles. The molecule has 0 radical (unpaired) electrons. The number of ether oxygens (including phenoxy) is 1. The van der Waals surface area contributed by atoms with Gasteiger partial charge in [0.1, 0.15) is 6.10 Å². The number of carbonyl (C=O) groups is 1. The third-order valence-corrected chi connectivity index (χ3v) is 4.85. The van der Waals surface area contributed by atoms with Crippen molar-refractivity contribution in [2.75, 3.05) is 26.2 Å². The molecule has 1 saturated heterocycles. The van der Waals surface area contributed by atoms with Gasteiger partial charge in [0, 0.05) is 19.1 Å². The molecule has 18 heavy (non-hydrogen) atoms. The highest BCUT2D eigenvalue weighted by atomic mass is 16.6. The summed E-state index contributed by atoms with van der Waals surface area (Å²) in [4.78, 5) is 14.3. The predicted octanol–water partition coefficient (Wildman–Crippen LogP) is 1.13. The highest BCUT2D eigenvalue weighted by Gasteiger charge is 2.54. The van der Waals surface area contributed by atoms with E-state index in [-0.39, 0.29) is 36.4 Å². The van der Waals surface area contributed by atoms with E-state index in [1.807, 2.05) is 0 Å². The second kappa shape index (κ2) is 5.57. The summed E-state index contributed by atoms with van der Waals surface area (Å²) in [5.74, 6) is 0.802. The Morgan fingerprint density at radius 2 is 2.06 bits per heavy atom. The maximum Gasteiger partial charge on any atom is 0.310 e. The van der Waals surface area contributed by atoms with Crippen LogP contribution in [-0.4, -0.2) is 48.3 Å². The van der Waals surface area contributed by atoms with Gasteiger partial charge in [0.25, 0.3) is 0 Å². The average molecular weight is 255 g/mol. The topological polar surface area (TPSA) is 49.8 Å². The molecule has 2 fully saturated rings. The van der Waals surface area contributed by atoms with Crippen molar-refractivity contribution in [3.05, 3.63) is 0 Å². The minimum absolute atomic E-state index is 0.0444. The maximum absolute atomic E-state index is 12.0. The van der Waals surface area contributed by atoms with Crippen LogP contribution in [0.2, 0.25) is 0 Å². The van der Waals surface area contributed by atoms with E-state index in [2.05, 4.69) is 25.7 Å². The first-order valence-corrected chi connectivity index (χ1v) is 7.16. The molecule has 4 heteroatoms. The van der Waals surface area contributed by atoms with Crippen molar-refractivity contribution in [2.45, 2.75) is 33.3 Å². The van der Waals surface area contributed by atoms with E-state index in [0.717, 1.165) is 26.1 Å². The Morgan fingerprint density at radius 3 is 2.61 bits per heavy atom. The molecule has 1 aliphatic carbocycles. The summed E-state index contributed by atoms with van der Waals surface area (Å²) >= 11 is 0. The molecule has 0 amide bonds. The molecule has 1 N–H and O–H groups in total. The quantitative estimate of drug-likeness (QED) is 0.748. The zero-order chi connectivity index (χ0) is 13.3. The molecule has 2 aliphatic rings. The van der Waals surface area contributed by atoms with Gasteiger partial charge in [-0.2, -0.15) is 0 Å². The van der Waals surface area contributed by atoms with Gasteiger partial charge in [-0.25, -0.2) is 0 Å². The summed E-state index contributed by atoms with van der Waals surface area (Å²) < 4.78 is 5.51. The highest BCUT2D eigenvalue weighted by molar-refractivity contribution is 5.75. The molecule has 1 heterocycles. The van der Waals surface area contributed by atoms with Crippen molar-refractivity contribution in [2.24, 2.45) is 23.7 Å². The number of aliphatic hydroxyl groups is 1. The van der Waals surface area contributed by atoms with Gasteiger partial charge in [-0.1, -0.05) is 20.8 Å². The van der Waals surface area contributed by atoms with Crippen molar-refractivity contribution in [3.63, 3.8) is 0 Å². The lowest BCUT2D eigenvalue weighted by Crippen LogP contribution is -2.37. The first-order chi connectivity index (χ1) is 8.62. The van der Waals surface area contributed by atoms with E-state index in [4.69, 9.17) is 4.74 Å². The standard InChI is InChI=1S/C14H25NO3/c1-4-15(5-2)7-10-13-11(8-16)9(3)6-12(13)18-14(10)17/h9-13,16H,4-8H2,1-3H3/t9-,10-,11+,12-,13+/m0/s1. The smallest absolute Gasteiger partial charge is 0.310 e. The molecule has 104 valence electrons. The SMILES string of the molecule is CCN(CC)C[C@@H]1C(=O)O[C@H]2C[C@H](C)[C@@H](CO)[C@H]21. The lowest BCUT2D eigenvalue weighted by Gasteiger charge is -2.27. The molecule has 0 aromatic rings. The third-order valence-electron chi connectivity index (χ3n) is 4.85. The molecule has 0 aromatic carbocycles. The van der Waals surface area contributed by atoms with E-state index < -0.39 is 0 Å². The highest BCUT2D eigenvalue weighted by Crippen LogP contribution is 2.47.